The van der Waals surface area contributed by atoms with Gasteiger partial charge >= 0.3 is 0 Å². The minimum atomic E-state index is -2.26. The topological polar surface area (TPSA) is 12.0 Å². The maximum atomic E-state index is 12.1. The molecular weight excluding hydrogens is 240 g/mol. The van der Waals surface area contributed by atoms with E-state index in [-0.39, 0.29) is 6.54 Å². The van der Waals surface area contributed by atoms with Crippen molar-refractivity contribution in [1.29, 1.82) is 0 Å². The monoisotopic (exact) mass is 259 g/mol. The molecule has 2 rings (SSSR count). The van der Waals surface area contributed by atoms with E-state index in [1.54, 1.807) is 11.3 Å². The molecule has 1 nitrogen and oxygen atoms in total. The van der Waals surface area contributed by atoms with Crippen LogP contribution in [0, 0.1) is 0 Å². The van der Waals surface area contributed by atoms with E-state index in [1.807, 2.05) is 0 Å². The first-order valence-electron chi connectivity index (χ1n) is 6.30. The van der Waals surface area contributed by atoms with E-state index in [1.165, 1.54) is 35.3 Å². The van der Waals surface area contributed by atoms with Crippen LogP contribution in [0.4, 0.5) is 8.78 Å². The van der Waals surface area contributed by atoms with Gasteiger partial charge in [0.05, 0.1) is 6.54 Å². The lowest BCUT2D eigenvalue weighted by Crippen LogP contribution is -2.21. The zero-order valence-electron chi connectivity index (χ0n) is 10.1. The third-order valence-electron chi connectivity index (χ3n) is 3.46. The van der Waals surface area contributed by atoms with E-state index in [0.717, 1.165) is 6.42 Å². The molecule has 0 fully saturated rings. The molecule has 0 saturated heterocycles. The molecule has 1 N–H and O–H groups in total. The standard InChI is InChI=1S/C13H19F2NS/c1-2-9-4-3-5-11-13(9)10(8-17-11)6-16-7-12(14)15/h8-9,12,16H,2-7H2,1H3. The lowest BCUT2D eigenvalue weighted by molar-refractivity contribution is 0.145. The molecule has 17 heavy (non-hydrogen) atoms. The van der Waals surface area contributed by atoms with Crippen LogP contribution in [0.15, 0.2) is 5.38 Å². The van der Waals surface area contributed by atoms with Gasteiger partial charge in [-0.3, -0.25) is 0 Å². The van der Waals surface area contributed by atoms with Crippen LogP contribution in [0.5, 0.6) is 0 Å². The van der Waals surface area contributed by atoms with Crippen LogP contribution in [0.2, 0.25) is 0 Å². The largest absolute Gasteiger partial charge is 0.307 e. The van der Waals surface area contributed by atoms with Crippen LogP contribution in [0.3, 0.4) is 0 Å². The lowest BCUT2D eigenvalue weighted by Gasteiger charge is -2.23. The molecule has 0 amide bonds. The van der Waals surface area contributed by atoms with E-state index in [2.05, 4.69) is 17.6 Å². The zero-order valence-corrected chi connectivity index (χ0v) is 11.0. The van der Waals surface area contributed by atoms with Crippen molar-refractivity contribution < 1.29 is 8.78 Å². The summed E-state index contributed by atoms with van der Waals surface area (Å²) in [5.74, 6) is 0.647. The fourth-order valence-electron chi connectivity index (χ4n) is 2.65. The molecule has 0 aromatic carbocycles. The number of alkyl halides is 2. The number of rotatable bonds is 5. The number of halogens is 2. The van der Waals surface area contributed by atoms with E-state index in [9.17, 15) is 8.78 Å². The fourth-order valence-corrected chi connectivity index (χ4v) is 3.83. The average molecular weight is 259 g/mol. The minimum absolute atomic E-state index is 0.207. The van der Waals surface area contributed by atoms with Crippen molar-refractivity contribution in [3.63, 3.8) is 0 Å². The summed E-state index contributed by atoms with van der Waals surface area (Å²) in [7, 11) is 0. The summed E-state index contributed by atoms with van der Waals surface area (Å²) in [4.78, 5) is 1.48. The molecule has 0 spiro atoms. The number of thiophene rings is 1. The first kappa shape index (κ1) is 13.0. The highest BCUT2D eigenvalue weighted by Gasteiger charge is 2.23. The second kappa shape index (κ2) is 5.91. The Morgan fingerprint density at radius 3 is 3.06 bits per heavy atom. The Hall–Kier alpha value is -0.480. The minimum Gasteiger partial charge on any atom is -0.307 e. The summed E-state index contributed by atoms with van der Waals surface area (Å²) in [6, 6.07) is 0. The van der Waals surface area contributed by atoms with Crippen LogP contribution >= 0.6 is 11.3 Å². The van der Waals surface area contributed by atoms with E-state index >= 15 is 0 Å². The molecule has 1 atom stereocenters. The Labute approximate surface area is 105 Å². The van der Waals surface area contributed by atoms with Crippen molar-refractivity contribution >= 4 is 11.3 Å². The highest BCUT2D eigenvalue weighted by atomic mass is 32.1. The molecule has 1 aromatic rings. The summed E-state index contributed by atoms with van der Waals surface area (Å²) in [5, 5.41) is 4.99. The lowest BCUT2D eigenvalue weighted by atomic mass is 9.83. The summed E-state index contributed by atoms with van der Waals surface area (Å²) in [6.07, 6.45) is 2.60. The number of fused-ring (bicyclic) bond motifs is 1. The van der Waals surface area contributed by atoms with Gasteiger partial charge in [-0.25, -0.2) is 8.78 Å². The van der Waals surface area contributed by atoms with Crippen molar-refractivity contribution in [2.24, 2.45) is 0 Å². The highest BCUT2D eigenvalue weighted by Crippen LogP contribution is 2.39. The Balaban J connectivity index is 2.05. The molecule has 0 saturated carbocycles. The van der Waals surface area contributed by atoms with Crippen LogP contribution in [0.1, 0.15) is 48.1 Å². The number of hydrogen-bond acceptors (Lipinski definition) is 2. The molecule has 1 aliphatic carbocycles. The van der Waals surface area contributed by atoms with Crippen molar-refractivity contribution in [2.75, 3.05) is 6.54 Å². The zero-order chi connectivity index (χ0) is 12.3. The van der Waals surface area contributed by atoms with Gasteiger partial charge in [-0.2, -0.15) is 0 Å². The molecule has 1 aliphatic rings. The van der Waals surface area contributed by atoms with Gasteiger partial charge in [0.1, 0.15) is 0 Å². The molecule has 1 aromatic heterocycles. The first-order chi connectivity index (χ1) is 8.22. The van der Waals surface area contributed by atoms with Gasteiger partial charge in [0.2, 0.25) is 0 Å². The first-order valence-corrected chi connectivity index (χ1v) is 7.18. The van der Waals surface area contributed by atoms with E-state index < -0.39 is 6.43 Å². The predicted molar refractivity (Wildman–Crippen MR) is 68.0 cm³/mol. The molecule has 1 unspecified atom stereocenters. The Morgan fingerprint density at radius 2 is 2.35 bits per heavy atom. The molecule has 0 radical (unpaired) electrons. The summed E-state index contributed by atoms with van der Waals surface area (Å²) in [6.45, 7) is 2.60. The number of hydrogen-bond donors (Lipinski definition) is 1. The van der Waals surface area contributed by atoms with Gasteiger partial charge in [-0.15, -0.1) is 11.3 Å². The summed E-state index contributed by atoms with van der Waals surface area (Å²) in [5.41, 5.74) is 2.71. The quantitative estimate of drug-likeness (QED) is 0.844. The normalized spacial score (nSPS) is 19.6. The Morgan fingerprint density at radius 1 is 1.53 bits per heavy atom. The van der Waals surface area contributed by atoms with Crippen molar-refractivity contribution in [2.45, 2.75) is 51.5 Å². The molecular formula is C13H19F2NS. The van der Waals surface area contributed by atoms with Crippen LogP contribution < -0.4 is 5.32 Å². The Bertz CT molecular complexity index is 362. The van der Waals surface area contributed by atoms with Crippen LogP contribution in [0.25, 0.3) is 0 Å². The average Bonchev–Trinajstić information content (AvgIpc) is 2.72. The van der Waals surface area contributed by atoms with Gasteiger partial charge < -0.3 is 5.32 Å². The highest BCUT2D eigenvalue weighted by molar-refractivity contribution is 7.10. The van der Waals surface area contributed by atoms with Crippen molar-refractivity contribution in [3.05, 3.63) is 21.4 Å². The van der Waals surface area contributed by atoms with Gasteiger partial charge in [0, 0.05) is 11.4 Å². The third-order valence-corrected chi connectivity index (χ3v) is 4.57. The summed E-state index contributed by atoms with van der Waals surface area (Å²) >= 11 is 1.80. The van der Waals surface area contributed by atoms with Gasteiger partial charge in [-0.1, -0.05) is 6.92 Å². The third kappa shape index (κ3) is 3.05. The second-order valence-electron chi connectivity index (χ2n) is 4.62. The maximum absolute atomic E-state index is 12.1. The molecule has 0 aliphatic heterocycles. The van der Waals surface area contributed by atoms with Gasteiger partial charge in [-0.05, 0) is 48.1 Å². The van der Waals surface area contributed by atoms with Crippen LogP contribution in [-0.4, -0.2) is 13.0 Å². The van der Waals surface area contributed by atoms with Crippen molar-refractivity contribution in [3.8, 4) is 0 Å². The number of aryl methyl sites for hydroxylation is 1. The SMILES string of the molecule is CCC1CCCc2scc(CNCC(F)F)c21. The molecule has 4 heteroatoms. The van der Waals surface area contributed by atoms with E-state index in [4.69, 9.17) is 0 Å². The maximum Gasteiger partial charge on any atom is 0.250 e. The number of nitrogens with one attached hydrogen (secondary N) is 1. The smallest absolute Gasteiger partial charge is 0.250 e. The van der Waals surface area contributed by atoms with E-state index in [0.29, 0.717) is 12.5 Å². The van der Waals surface area contributed by atoms with Crippen molar-refractivity contribution in [1.82, 2.24) is 5.32 Å². The van der Waals surface area contributed by atoms with Crippen LogP contribution in [-0.2, 0) is 13.0 Å². The fraction of sp³-hybridized carbons (Fsp3) is 0.692. The van der Waals surface area contributed by atoms with Gasteiger partial charge in [0.15, 0.2) is 0 Å². The van der Waals surface area contributed by atoms with Gasteiger partial charge in [0.25, 0.3) is 6.43 Å². The summed E-state index contributed by atoms with van der Waals surface area (Å²) < 4.78 is 24.2. The Kier molecular flexibility index (Phi) is 4.51. The predicted octanol–water partition coefficient (Wildman–Crippen LogP) is 3.93. The molecule has 0 bridgehead atoms. The molecule has 1 heterocycles. The molecule has 96 valence electrons. The second-order valence-corrected chi connectivity index (χ2v) is 5.58.